The smallest absolute Gasteiger partial charge is 0.253 e. The van der Waals surface area contributed by atoms with Crippen molar-refractivity contribution in [2.75, 3.05) is 27.2 Å². The minimum absolute atomic E-state index is 0.0909. The van der Waals surface area contributed by atoms with Gasteiger partial charge in [-0.2, -0.15) is 4.99 Å². The number of nitrogens with zero attached hydrogens (tertiary/aromatic N) is 3. The maximum absolute atomic E-state index is 11.8. The number of likely N-dealkylation sites (N-methyl/N-ethyl adjacent to an activating group) is 2. The molecule has 0 bridgehead atoms. The molecule has 1 saturated heterocycles. The molecule has 0 unspecified atom stereocenters. The molecule has 0 radical (unpaired) electrons. The van der Waals surface area contributed by atoms with E-state index < -0.39 is 0 Å². The van der Waals surface area contributed by atoms with Crippen molar-refractivity contribution < 1.29 is 4.79 Å². The molecule has 1 aliphatic heterocycles. The van der Waals surface area contributed by atoms with E-state index in [0.29, 0.717) is 6.42 Å². The molecular formula is C13H17N3O. The first-order valence-corrected chi connectivity index (χ1v) is 5.74. The van der Waals surface area contributed by atoms with Crippen molar-refractivity contribution in [2.45, 2.75) is 6.42 Å². The van der Waals surface area contributed by atoms with E-state index in [1.54, 1.807) is 0 Å². The van der Waals surface area contributed by atoms with E-state index in [1.807, 2.05) is 54.2 Å². The van der Waals surface area contributed by atoms with Gasteiger partial charge in [0.1, 0.15) is 0 Å². The van der Waals surface area contributed by atoms with Gasteiger partial charge in [-0.05, 0) is 5.56 Å². The Labute approximate surface area is 102 Å². The van der Waals surface area contributed by atoms with Gasteiger partial charge in [0.2, 0.25) is 5.96 Å². The topological polar surface area (TPSA) is 35.9 Å². The predicted molar refractivity (Wildman–Crippen MR) is 67.8 cm³/mol. The summed E-state index contributed by atoms with van der Waals surface area (Å²) in [7, 11) is 3.91. The Morgan fingerprint density at radius 1 is 1.18 bits per heavy atom. The SMILES string of the molecule is CN1CCN(C)C1=NC(=O)Cc1ccccc1. The van der Waals surface area contributed by atoms with Crippen molar-refractivity contribution in [3.05, 3.63) is 35.9 Å². The van der Waals surface area contributed by atoms with E-state index in [2.05, 4.69) is 4.99 Å². The maximum atomic E-state index is 11.8. The summed E-state index contributed by atoms with van der Waals surface area (Å²) >= 11 is 0. The number of carbonyl (C=O) groups is 1. The third kappa shape index (κ3) is 2.84. The number of amides is 1. The van der Waals surface area contributed by atoms with Crippen LogP contribution in [0.15, 0.2) is 35.3 Å². The van der Waals surface area contributed by atoms with Gasteiger partial charge < -0.3 is 9.80 Å². The lowest BCUT2D eigenvalue weighted by Crippen LogP contribution is -2.29. The summed E-state index contributed by atoms with van der Waals surface area (Å²) in [5.74, 6) is 0.678. The van der Waals surface area contributed by atoms with Crippen LogP contribution in [-0.2, 0) is 11.2 Å². The highest BCUT2D eigenvalue weighted by Gasteiger charge is 2.20. The molecule has 1 amide bonds. The van der Waals surface area contributed by atoms with Gasteiger partial charge in [0, 0.05) is 27.2 Å². The standard InChI is InChI=1S/C13H17N3O/c1-15-8-9-16(2)13(15)14-12(17)10-11-6-4-3-5-7-11/h3-7H,8-10H2,1-2H3. The molecule has 1 aliphatic rings. The molecule has 1 heterocycles. The number of rotatable bonds is 2. The number of benzene rings is 1. The number of aliphatic imine (C=N–C) groups is 1. The zero-order valence-corrected chi connectivity index (χ0v) is 10.3. The van der Waals surface area contributed by atoms with Crippen molar-refractivity contribution in [1.82, 2.24) is 9.80 Å². The van der Waals surface area contributed by atoms with Gasteiger partial charge in [0.25, 0.3) is 5.91 Å². The van der Waals surface area contributed by atoms with Crippen molar-refractivity contribution in [1.29, 1.82) is 0 Å². The molecule has 4 heteroatoms. The quantitative estimate of drug-likeness (QED) is 0.761. The van der Waals surface area contributed by atoms with Gasteiger partial charge in [0.15, 0.2) is 0 Å². The van der Waals surface area contributed by atoms with E-state index in [-0.39, 0.29) is 5.91 Å². The van der Waals surface area contributed by atoms with Gasteiger partial charge in [-0.3, -0.25) is 4.79 Å². The second-order valence-electron chi connectivity index (χ2n) is 4.31. The largest absolute Gasteiger partial charge is 0.344 e. The summed E-state index contributed by atoms with van der Waals surface area (Å²) in [6.45, 7) is 1.85. The first kappa shape index (κ1) is 11.6. The Balaban J connectivity index is 2.04. The highest BCUT2D eigenvalue weighted by atomic mass is 16.1. The molecule has 0 aliphatic carbocycles. The van der Waals surface area contributed by atoms with E-state index in [0.717, 1.165) is 24.6 Å². The molecule has 4 nitrogen and oxygen atoms in total. The average Bonchev–Trinajstić information content (AvgIpc) is 2.62. The molecule has 0 saturated carbocycles. The second kappa shape index (κ2) is 4.99. The third-order valence-corrected chi connectivity index (χ3v) is 2.88. The molecule has 2 rings (SSSR count). The Hall–Kier alpha value is -1.84. The number of hydrogen-bond donors (Lipinski definition) is 0. The molecule has 17 heavy (non-hydrogen) atoms. The molecule has 90 valence electrons. The summed E-state index contributed by atoms with van der Waals surface area (Å²) in [6, 6.07) is 9.70. The van der Waals surface area contributed by atoms with Crippen LogP contribution >= 0.6 is 0 Å². The zero-order chi connectivity index (χ0) is 12.3. The Morgan fingerprint density at radius 3 is 2.35 bits per heavy atom. The Kier molecular flexibility index (Phi) is 3.42. The molecule has 0 aromatic heterocycles. The van der Waals surface area contributed by atoms with Crippen molar-refractivity contribution in [2.24, 2.45) is 4.99 Å². The van der Waals surface area contributed by atoms with Crippen LogP contribution in [0.5, 0.6) is 0 Å². The van der Waals surface area contributed by atoms with Crippen molar-refractivity contribution in [3.63, 3.8) is 0 Å². The van der Waals surface area contributed by atoms with Crippen LogP contribution in [0, 0.1) is 0 Å². The Bertz CT molecular complexity index is 416. The molecule has 0 spiro atoms. The van der Waals surface area contributed by atoms with E-state index in [9.17, 15) is 4.79 Å². The lowest BCUT2D eigenvalue weighted by Gasteiger charge is -2.14. The van der Waals surface area contributed by atoms with Crippen LogP contribution < -0.4 is 0 Å². The van der Waals surface area contributed by atoms with E-state index in [1.165, 1.54) is 0 Å². The fourth-order valence-electron chi connectivity index (χ4n) is 1.88. The predicted octanol–water partition coefficient (Wildman–Crippen LogP) is 0.989. The number of guanidine groups is 1. The van der Waals surface area contributed by atoms with E-state index >= 15 is 0 Å². The maximum Gasteiger partial charge on any atom is 0.253 e. The molecule has 0 atom stereocenters. The van der Waals surface area contributed by atoms with Crippen LogP contribution in [0.1, 0.15) is 5.56 Å². The summed E-state index contributed by atoms with van der Waals surface area (Å²) in [5.41, 5.74) is 1.00. The first-order valence-electron chi connectivity index (χ1n) is 5.74. The Morgan fingerprint density at radius 2 is 1.76 bits per heavy atom. The second-order valence-corrected chi connectivity index (χ2v) is 4.31. The van der Waals surface area contributed by atoms with Gasteiger partial charge in [0.05, 0.1) is 6.42 Å². The van der Waals surface area contributed by atoms with Gasteiger partial charge in [-0.1, -0.05) is 30.3 Å². The van der Waals surface area contributed by atoms with Crippen molar-refractivity contribution >= 4 is 11.9 Å². The molecule has 1 aromatic carbocycles. The van der Waals surface area contributed by atoms with Crippen LogP contribution in [0.3, 0.4) is 0 Å². The van der Waals surface area contributed by atoms with Gasteiger partial charge in [-0.25, -0.2) is 0 Å². The van der Waals surface area contributed by atoms with Crippen LogP contribution in [-0.4, -0.2) is 48.9 Å². The first-order chi connectivity index (χ1) is 8.16. The van der Waals surface area contributed by atoms with Crippen LogP contribution in [0.25, 0.3) is 0 Å². The molecule has 0 N–H and O–H groups in total. The number of hydrogen-bond acceptors (Lipinski definition) is 1. The lowest BCUT2D eigenvalue weighted by atomic mass is 10.1. The molecule has 1 aromatic rings. The third-order valence-electron chi connectivity index (χ3n) is 2.88. The molecule has 1 fully saturated rings. The highest BCUT2D eigenvalue weighted by molar-refractivity contribution is 5.94. The fourth-order valence-corrected chi connectivity index (χ4v) is 1.88. The summed E-state index contributed by atoms with van der Waals surface area (Å²) in [5, 5.41) is 0. The van der Waals surface area contributed by atoms with Crippen molar-refractivity contribution in [3.8, 4) is 0 Å². The van der Waals surface area contributed by atoms with Crippen LogP contribution in [0.2, 0.25) is 0 Å². The van der Waals surface area contributed by atoms with E-state index in [4.69, 9.17) is 0 Å². The minimum Gasteiger partial charge on any atom is -0.344 e. The van der Waals surface area contributed by atoms with Gasteiger partial charge >= 0.3 is 0 Å². The highest BCUT2D eigenvalue weighted by Crippen LogP contribution is 2.06. The van der Waals surface area contributed by atoms with Crippen LogP contribution in [0.4, 0.5) is 0 Å². The number of carbonyl (C=O) groups excluding carboxylic acids is 1. The monoisotopic (exact) mass is 231 g/mol. The normalized spacial score (nSPS) is 15.3. The zero-order valence-electron chi connectivity index (χ0n) is 10.3. The average molecular weight is 231 g/mol. The summed E-state index contributed by atoms with van der Waals surface area (Å²) < 4.78 is 0. The summed E-state index contributed by atoms with van der Waals surface area (Å²) in [6.07, 6.45) is 0.367. The summed E-state index contributed by atoms with van der Waals surface area (Å²) in [4.78, 5) is 20.0. The fraction of sp³-hybridized carbons (Fsp3) is 0.385. The molecular weight excluding hydrogens is 214 g/mol. The lowest BCUT2D eigenvalue weighted by molar-refractivity contribution is -0.117. The van der Waals surface area contributed by atoms with Gasteiger partial charge in [-0.15, -0.1) is 0 Å². The minimum atomic E-state index is -0.0909.